The Hall–Kier alpha value is -1.86. The highest BCUT2D eigenvalue weighted by atomic mass is 32.2. The fourth-order valence-electron chi connectivity index (χ4n) is 2.96. The number of aromatic nitrogens is 1. The Balaban J connectivity index is 1.43. The Morgan fingerprint density at radius 1 is 1.35 bits per heavy atom. The van der Waals surface area contributed by atoms with Gasteiger partial charge in [-0.05, 0) is 45.0 Å². The molecule has 3 rings (SSSR count). The lowest BCUT2D eigenvalue weighted by Gasteiger charge is -2.14. The number of hydrogen-bond acceptors (Lipinski definition) is 5. The number of likely N-dealkylation sites (tertiary alicyclic amines) is 1. The highest BCUT2D eigenvalue weighted by molar-refractivity contribution is 7.99. The van der Waals surface area contributed by atoms with Crippen LogP contribution in [0.2, 0.25) is 0 Å². The average molecular weight is 377 g/mol. The van der Waals surface area contributed by atoms with Gasteiger partial charge in [-0.1, -0.05) is 12.1 Å². The van der Waals surface area contributed by atoms with E-state index in [1.54, 1.807) is 18.2 Å². The standard InChI is InChI=1S/C19H24FN3O2S/c1-14-17(22-19(25-14)15-6-2-3-7-16(15)20)12-26-13-18(24)21-8-11-23-9-4-5-10-23/h2-3,6-7H,4-5,8-13H2,1H3,(H,21,24). The molecule has 2 aromatic rings. The van der Waals surface area contributed by atoms with Gasteiger partial charge in [-0.25, -0.2) is 9.37 Å². The Kier molecular flexibility index (Phi) is 6.68. The predicted molar refractivity (Wildman–Crippen MR) is 101 cm³/mol. The van der Waals surface area contributed by atoms with Gasteiger partial charge in [0, 0.05) is 18.8 Å². The molecule has 7 heteroatoms. The Morgan fingerprint density at radius 2 is 2.12 bits per heavy atom. The van der Waals surface area contributed by atoms with Crippen LogP contribution < -0.4 is 5.32 Å². The lowest BCUT2D eigenvalue weighted by molar-refractivity contribution is -0.118. The van der Waals surface area contributed by atoms with E-state index in [0.717, 1.165) is 25.3 Å². The average Bonchev–Trinajstić information content (AvgIpc) is 3.26. The van der Waals surface area contributed by atoms with Crippen LogP contribution in [0.25, 0.3) is 11.5 Å². The minimum absolute atomic E-state index is 0.0321. The van der Waals surface area contributed by atoms with Crippen LogP contribution in [0.3, 0.4) is 0 Å². The number of rotatable bonds is 8. The van der Waals surface area contributed by atoms with Crippen LogP contribution in [0.5, 0.6) is 0 Å². The Morgan fingerprint density at radius 3 is 2.88 bits per heavy atom. The highest BCUT2D eigenvalue weighted by Gasteiger charge is 2.15. The molecule has 1 aliphatic heterocycles. The fraction of sp³-hybridized carbons (Fsp3) is 0.474. The normalized spacial score (nSPS) is 14.7. The van der Waals surface area contributed by atoms with Gasteiger partial charge in [-0.2, -0.15) is 0 Å². The molecule has 1 aliphatic rings. The van der Waals surface area contributed by atoms with E-state index < -0.39 is 0 Å². The van der Waals surface area contributed by atoms with E-state index in [-0.39, 0.29) is 17.6 Å². The maximum atomic E-state index is 13.8. The summed E-state index contributed by atoms with van der Waals surface area (Å²) in [5, 5.41) is 2.95. The topological polar surface area (TPSA) is 58.4 Å². The van der Waals surface area contributed by atoms with Gasteiger partial charge in [0.2, 0.25) is 11.8 Å². The van der Waals surface area contributed by atoms with Crippen molar-refractivity contribution in [1.29, 1.82) is 0 Å². The van der Waals surface area contributed by atoms with E-state index in [1.807, 2.05) is 6.92 Å². The molecule has 0 saturated carbocycles. The monoisotopic (exact) mass is 377 g/mol. The molecule has 5 nitrogen and oxygen atoms in total. The first-order valence-corrected chi connectivity index (χ1v) is 10.1. The first kappa shape index (κ1) is 18.9. The summed E-state index contributed by atoms with van der Waals surface area (Å²) in [6.07, 6.45) is 2.52. The van der Waals surface area contributed by atoms with E-state index in [4.69, 9.17) is 4.42 Å². The summed E-state index contributed by atoms with van der Waals surface area (Å²) < 4.78 is 19.4. The summed E-state index contributed by atoms with van der Waals surface area (Å²) in [5.74, 6) is 1.55. The highest BCUT2D eigenvalue weighted by Crippen LogP contribution is 2.26. The molecule has 0 atom stereocenters. The first-order chi connectivity index (χ1) is 12.6. The number of aryl methyl sites for hydroxylation is 1. The zero-order chi connectivity index (χ0) is 18.4. The number of hydrogen-bond donors (Lipinski definition) is 1. The number of benzene rings is 1. The van der Waals surface area contributed by atoms with E-state index >= 15 is 0 Å². The molecule has 1 aromatic heterocycles. The molecule has 0 aliphatic carbocycles. The van der Waals surface area contributed by atoms with Crippen LogP contribution in [0.15, 0.2) is 28.7 Å². The molecular weight excluding hydrogens is 353 g/mol. The number of nitrogens with one attached hydrogen (secondary N) is 1. The molecule has 1 aromatic carbocycles. The maximum absolute atomic E-state index is 13.8. The number of amides is 1. The third-order valence-electron chi connectivity index (χ3n) is 4.42. The molecule has 0 bridgehead atoms. The van der Waals surface area contributed by atoms with Crippen molar-refractivity contribution in [3.8, 4) is 11.5 Å². The summed E-state index contributed by atoms with van der Waals surface area (Å²) in [6.45, 7) is 5.70. The lowest BCUT2D eigenvalue weighted by atomic mass is 10.2. The van der Waals surface area contributed by atoms with E-state index in [2.05, 4.69) is 15.2 Å². The van der Waals surface area contributed by atoms with Gasteiger partial charge >= 0.3 is 0 Å². The molecule has 1 fully saturated rings. The molecule has 1 amide bonds. The molecular formula is C19H24FN3O2S. The van der Waals surface area contributed by atoms with Gasteiger partial charge in [0.1, 0.15) is 11.6 Å². The smallest absolute Gasteiger partial charge is 0.230 e. The van der Waals surface area contributed by atoms with Crippen LogP contribution in [-0.4, -0.2) is 47.7 Å². The van der Waals surface area contributed by atoms with Crippen molar-refractivity contribution in [2.75, 3.05) is 31.9 Å². The zero-order valence-electron chi connectivity index (χ0n) is 15.0. The zero-order valence-corrected chi connectivity index (χ0v) is 15.8. The molecule has 1 N–H and O–H groups in total. The van der Waals surface area contributed by atoms with Crippen molar-refractivity contribution in [1.82, 2.24) is 15.2 Å². The van der Waals surface area contributed by atoms with E-state index in [9.17, 15) is 9.18 Å². The summed E-state index contributed by atoms with van der Waals surface area (Å²) in [7, 11) is 0. The number of nitrogens with zero attached hydrogens (tertiary/aromatic N) is 2. The third-order valence-corrected chi connectivity index (χ3v) is 5.36. The predicted octanol–water partition coefficient (Wildman–Crippen LogP) is 3.23. The molecule has 140 valence electrons. The second kappa shape index (κ2) is 9.19. The van der Waals surface area contributed by atoms with Crippen molar-refractivity contribution in [2.24, 2.45) is 0 Å². The summed E-state index contributed by atoms with van der Waals surface area (Å²) in [6, 6.07) is 6.41. The fourth-order valence-corrected chi connectivity index (χ4v) is 3.81. The SMILES string of the molecule is Cc1oc(-c2ccccc2F)nc1CSCC(=O)NCCN1CCCC1. The van der Waals surface area contributed by atoms with Crippen molar-refractivity contribution in [2.45, 2.75) is 25.5 Å². The summed E-state index contributed by atoms with van der Waals surface area (Å²) >= 11 is 1.48. The van der Waals surface area contributed by atoms with Gasteiger partial charge in [0.05, 0.1) is 17.0 Å². The van der Waals surface area contributed by atoms with Crippen LogP contribution in [0, 0.1) is 12.7 Å². The van der Waals surface area contributed by atoms with Crippen molar-refractivity contribution in [3.63, 3.8) is 0 Å². The summed E-state index contributed by atoms with van der Waals surface area (Å²) in [4.78, 5) is 18.7. The molecule has 26 heavy (non-hydrogen) atoms. The van der Waals surface area contributed by atoms with Crippen LogP contribution in [0.4, 0.5) is 4.39 Å². The van der Waals surface area contributed by atoms with Gasteiger partial charge in [0.15, 0.2) is 0 Å². The maximum Gasteiger partial charge on any atom is 0.230 e. The largest absolute Gasteiger partial charge is 0.441 e. The Labute approximate surface area is 157 Å². The molecule has 0 radical (unpaired) electrons. The van der Waals surface area contributed by atoms with Crippen LogP contribution in [0.1, 0.15) is 24.3 Å². The van der Waals surface area contributed by atoms with Crippen molar-refractivity contribution < 1.29 is 13.6 Å². The number of carbonyl (C=O) groups excluding carboxylic acids is 1. The van der Waals surface area contributed by atoms with Crippen molar-refractivity contribution in [3.05, 3.63) is 41.5 Å². The third kappa shape index (κ3) is 5.08. The summed E-state index contributed by atoms with van der Waals surface area (Å²) in [5.41, 5.74) is 1.10. The van der Waals surface area contributed by atoms with Crippen LogP contribution in [-0.2, 0) is 10.5 Å². The second-order valence-electron chi connectivity index (χ2n) is 6.39. The van der Waals surface area contributed by atoms with Crippen LogP contribution >= 0.6 is 11.8 Å². The molecule has 0 unspecified atom stereocenters. The quantitative estimate of drug-likeness (QED) is 0.765. The lowest BCUT2D eigenvalue weighted by Crippen LogP contribution is -2.34. The minimum Gasteiger partial charge on any atom is -0.441 e. The molecule has 0 spiro atoms. The Bertz CT molecular complexity index is 744. The number of oxazole rings is 1. The van der Waals surface area contributed by atoms with E-state index in [1.165, 1.54) is 30.7 Å². The van der Waals surface area contributed by atoms with Gasteiger partial charge in [-0.15, -0.1) is 11.8 Å². The van der Waals surface area contributed by atoms with E-state index in [0.29, 0.717) is 29.4 Å². The molecule has 2 heterocycles. The number of thioether (sulfide) groups is 1. The number of carbonyl (C=O) groups is 1. The van der Waals surface area contributed by atoms with Gasteiger partial charge in [0.25, 0.3) is 0 Å². The van der Waals surface area contributed by atoms with Gasteiger partial charge < -0.3 is 14.6 Å². The van der Waals surface area contributed by atoms with Gasteiger partial charge in [-0.3, -0.25) is 4.79 Å². The second-order valence-corrected chi connectivity index (χ2v) is 7.38. The number of halogens is 1. The van der Waals surface area contributed by atoms with Crippen molar-refractivity contribution >= 4 is 17.7 Å². The minimum atomic E-state index is -0.356. The molecule has 1 saturated heterocycles. The first-order valence-electron chi connectivity index (χ1n) is 8.91.